The lowest BCUT2D eigenvalue weighted by Gasteiger charge is -2.27. The van der Waals surface area contributed by atoms with E-state index in [0.717, 1.165) is 0 Å². The Balaban J connectivity index is 2.51. The molecule has 0 aliphatic heterocycles. The third-order valence-corrected chi connectivity index (χ3v) is 10.7. The standard InChI is InChI=1S/C12HF10PS4/c13-1-3(15)7(19)11(8(20)4(1)16)26-23(24,25)27-12-9(21)5(17)2(14)6(18)10(12)22/h(H,24,25)/p-1. The zero-order chi connectivity index (χ0) is 20.8. The smallest absolute Gasteiger partial charge is 0.200 e. The van der Waals surface area contributed by atoms with Crippen LogP contribution in [0.25, 0.3) is 0 Å². The van der Waals surface area contributed by atoms with Gasteiger partial charge in [-0.15, -0.1) is 11.8 Å². The van der Waals surface area contributed by atoms with Crippen molar-refractivity contribution in [2.75, 3.05) is 0 Å². The molecule has 0 heterocycles. The average molecular weight is 493 g/mol. The minimum atomic E-state index is -3.98. The summed E-state index contributed by atoms with van der Waals surface area (Å²) in [7, 11) is 0. The maximum atomic E-state index is 13.7. The second kappa shape index (κ2) is 8.05. The molecule has 0 unspecified atom stereocenters. The Morgan fingerprint density at radius 3 is 0.889 bits per heavy atom. The first kappa shape index (κ1) is 22.7. The first-order chi connectivity index (χ1) is 12.3. The fraction of sp³-hybridized carbons (Fsp3) is 0. The first-order valence-electron chi connectivity index (χ1n) is 6.03. The van der Waals surface area contributed by atoms with Gasteiger partial charge >= 0.3 is 0 Å². The van der Waals surface area contributed by atoms with Crippen LogP contribution in [0.15, 0.2) is 9.79 Å². The lowest BCUT2D eigenvalue weighted by molar-refractivity contribution is 0.361. The average Bonchev–Trinajstić information content (AvgIpc) is 2.62. The SMILES string of the molecule is Fc1c(F)c(F)c(SP(=S)([S-])Sc2c(F)c(F)c(F)c(F)c2F)c(F)c1F. The fourth-order valence-corrected chi connectivity index (χ4v) is 9.51. The molecular weight excluding hydrogens is 493 g/mol. The highest BCUT2D eigenvalue weighted by Gasteiger charge is 2.30. The Labute approximate surface area is 162 Å². The van der Waals surface area contributed by atoms with Gasteiger partial charge in [-0.1, -0.05) is 26.4 Å². The summed E-state index contributed by atoms with van der Waals surface area (Å²) in [5.74, 6) is -23.4. The highest BCUT2D eigenvalue weighted by Crippen LogP contribution is 2.73. The minimum absolute atomic E-state index is 0.301. The normalized spacial score (nSPS) is 12.0. The van der Waals surface area contributed by atoms with Gasteiger partial charge in [-0.2, -0.15) is 0 Å². The maximum absolute atomic E-state index is 13.7. The predicted molar refractivity (Wildman–Crippen MR) is 85.8 cm³/mol. The van der Waals surface area contributed by atoms with Gasteiger partial charge in [0, 0.05) is 0 Å². The van der Waals surface area contributed by atoms with E-state index >= 15 is 0 Å². The monoisotopic (exact) mass is 493 g/mol. The van der Waals surface area contributed by atoms with E-state index in [4.69, 9.17) is 24.1 Å². The van der Waals surface area contributed by atoms with Crippen LogP contribution in [0.2, 0.25) is 0 Å². The Kier molecular flexibility index (Phi) is 6.78. The van der Waals surface area contributed by atoms with Crippen LogP contribution in [0.3, 0.4) is 0 Å². The molecule has 148 valence electrons. The molecule has 0 nitrogen and oxygen atoms in total. The van der Waals surface area contributed by atoms with Crippen molar-refractivity contribution in [2.24, 2.45) is 0 Å². The zero-order valence-electron chi connectivity index (χ0n) is 11.9. The van der Waals surface area contributed by atoms with Gasteiger partial charge in [0.25, 0.3) is 0 Å². The molecule has 2 aromatic carbocycles. The maximum Gasteiger partial charge on any atom is 0.200 e. The Morgan fingerprint density at radius 1 is 0.481 bits per heavy atom. The van der Waals surface area contributed by atoms with E-state index in [2.05, 4.69) is 0 Å². The molecule has 0 N–H and O–H groups in total. The lowest BCUT2D eigenvalue weighted by atomic mass is 10.3. The van der Waals surface area contributed by atoms with E-state index < -0.39 is 71.6 Å². The molecule has 0 saturated heterocycles. The zero-order valence-corrected chi connectivity index (χ0v) is 16.0. The van der Waals surface area contributed by atoms with Gasteiger partial charge in [0.2, 0.25) is 11.6 Å². The van der Waals surface area contributed by atoms with Crippen molar-refractivity contribution in [2.45, 2.75) is 9.79 Å². The minimum Gasteiger partial charge on any atom is -0.725 e. The molecular formula is C12F10PS4-. The number of rotatable bonds is 4. The Hall–Kier alpha value is -0.560. The molecule has 0 amide bonds. The van der Waals surface area contributed by atoms with Crippen LogP contribution in [0.5, 0.6) is 0 Å². The molecule has 0 saturated carbocycles. The third kappa shape index (κ3) is 4.24. The topological polar surface area (TPSA) is 0 Å². The summed E-state index contributed by atoms with van der Waals surface area (Å²) < 4.78 is 129. The molecule has 0 radical (unpaired) electrons. The summed E-state index contributed by atoms with van der Waals surface area (Å²) in [6.07, 6.45) is 0. The van der Waals surface area contributed by atoms with Gasteiger partial charge in [0.05, 0.1) is 9.79 Å². The fourth-order valence-electron chi connectivity index (χ4n) is 1.57. The van der Waals surface area contributed by atoms with E-state index in [-0.39, 0.29) is 22.8 Å². The molecule has 2 aromatic rings. The molecule has 0 bridgehead atoms. The van der Waals surface area contributed by atoms with Gasteiger partial charge in [-0.3, -0.25) is 0 Å². The van der Waals surface area contributed by atoms with Crippen LogP contribution in [-0.4, -0.2) is 0 Å². The molecule has 27 heavy (non-hydrogen) atoms. The van der Waals surface area contributed by atoms with Crippen LogP contribution < -0.4 is 0 Å². The lowest BCUT2D eigenvalue weighted by Crippen LogP contribution is -2.03. The van der Waals surface area contributed by atoms with Gasteiger partial charge in [0.15, 0.2) is 46.5 Å². The first-order valence-corrected chi connectivity index (χ1v) is 12.7. The highest BCUT2D eigenvalue weighted by molar-refractivity contribution is 9.17. The van der Waals surface area contributed by atoms with E-state index in [1.54, 1.807) is 0 Å². The van der Waals surface area contributed by atoms with Crippen molar-refractivity contribution in [3.8, 4) is 0 Å². The van der Waals surface area contributed by atoms with E-state index in [1.807, 2.05) is 0 Å². The van der Waals surface area contributed by atoms with Gasteiger partial charge < -0.3 is 12.2 Å². The number of halogens is 10. The Bertz CT molecular complexity index is 862. The summed E-state index contributed by atoms with van der Waals surface area (Å²) in [4.78, 5) is -3.05. The van der Waals surface area contributed by atoms with Crippen LogP contribution >= 0.6 is 26.4 Å². The molecule has 0 aromatic heterocycles. The summed E-state index contributed by atoms with van der Waals surface area (Å²) >= 11 is 8.78. The quantitative estimate of drug-likeness (QED) is 0.152. The third-order valence-electron chi connectivity index (χ3n) is 2.75. The number of benzene rings is 2. The van der Waals surface area contributed by atoms with Gasteiger partial charge in [-0.25, -0.2) is 43.9 Å². The molecule has 0 atom stereocenters. The highest BCUT2D eigenvalue weighted by atomic mass is 33.5. The van der Waals surface area contributed by atoms with Crippen LogP contribution in [0, 0.1) is 58.2 Å². The molecule has 0 spiro atoms. The van der Waals surface area contributed by atoms with Crippen molar-refractivity contribution in [3.05, 3.63) is 58.2 Å². The number of hydrogen-bond donors (Lipinski definition) is 0. The van der Waals surface area contributed by atoms with E-state index in [0.29, 0.717) is 0 Å². The van der Waals surface area contributed by atoms with Crippen molar-refractivity contribution < 1.29 is 43.9 Å². The van der Waals surface area contributed by atoms with Crippen LogP contribution in [-0.2, 0) is 24.1 Å². The summed E-state index contributed by atoms with van der Waals surface area (Å²) in [5, 5.41) is 0. The van der Waals surface area contributed by atoms with Crippen molar-refractivity contribution in [1.29, 1.82) is 0 Å². The molecule has 0 aliphatic rings. The largest absolute Gasteiger partial charge is 0.725 e. The van der Waals surface area contributed by atoms with Crippen molar-refractivity contribution in [1.82, 2.24) is 0 Å². The van der Waals surface area contributed by atoms with Gasteiger partial charge in [0.1, 0.15) is 0 Å². The summed E-state index contributed by atoms with van der Waals surface area (Å²) in [6.45, 7) is 0. The summed E-state index contributed by atoms with van der Waals surface area (Å²) in [5.41, 5.74) is 0. The number of hydrogen-bond acceptors (Lipinski definition) is 4. The Morgan fingerprint density at radius 2 is 0.667 bits per heavy atom. The van der Waals surface area contributed by atoms with E-state index in [1.165, 1.54) is 0 Å². The van der Waals surface area contributed by atoms with Crippen LogP contribution in [0.4, 0.5) is 43.9 Å². The van der Waals surface area contributed by atoms with Gasteiger partial charge in [-0.05, 0) is 0 Å². The second-order valence-corrected chi connectivity index (χ2v) is 18.3. The molecule has 0 aliphatic carbocycles. The molecule has 2 rings (SSSR count). The molecule has 0 fully saturated rings. The second-order valence-electron chi connectivity index (χ2n) is 4.43. The summed E-state index contributed by atoms with van der Waals surface area (Å²) in [6, 6.07) is 0. The van der Waals surface area contributed by atoms with Crippen LogP contribution in [0.1, 0.15) is 0 Å². The van der Waals surface area contributed by atoms with E-state index in [9.17, 15) is 43.9 Å². The predicted octanol–water partition coefficient (Wildman–Crippen LogP) is 6.73. The van der Waals surface area contributed by atoms with Crippen molar-refractivity contribution >= 4 is 50.5 Å². The molecule has 15 heteroatoms. The van der Waals surface area contributed by atoms with Crippen molar-refractivity contribution in [3.63, 3.8) is 0 Å².